The smallest absolute Gasteiger partial charge is 0 e. The van der Waals surface area contributed by atoms with Crippen molar-refractivity contribution in [3.63, 3.8) is 0 Å². The summed E-state index contributed by atoms with van der Waals surface area (Å²) in [7, 11) is 2.66. The van der Waals surface area contributed by atoms with E-state index in [1.165, 1.54) is 19.7 Å². The van der Waals surface area contributed by atoms with E-state index in [0.717, 1.165) is 0 Å². The second-order valence-electron chi connectivity index (χ2n) is 0.149. The van der Waals surface area contributed by atoms with E-state index in [4.69, 9.17) is 0 Å². The summed E-state index contributed by atoms with van der Waals surface area (Å²) in [5.41, 5.74) is 0. The van der Waals surface area contributed by atoms with E-state index in [1.807, 2.05) is 0 Å². The van der Waals surface area contributed by atoms with Gasteiger partial charge in [-0.2, -0.15) is 0 Å². The van der Waals surface area contributed by atoms with Crippen LogP contribution in [-0.2, 0) is 21.1 Å². The predicted octanol–water partition coefficient (Wildman–Crippen LogP) is 2.05. The van der Waals surface area contributed by atoms with Crippen molar-refractivity contribution in [2.75, 3.05) is 0 Å². The van der Waals surface area contributed by atoms with Crippen LogP contribution in [0.15, 0.2) is 0 Å². The van der Waals surface area contributed by atoms with Gasteiger partial charge >= 0.3 is 0 Å². The fourth-order valence-electron chi connectivity index (χ4n) is 0. The second-order valence-corrected chi connectivity index (χ2v) is 4.02. The average molecular weight is 314 g/mol. The van der Waals surface area contributed by atoms with Crippen LogP contribution >= 0.6 is 43.0 Å². The molecule has 0 aliphatic carbocycles. The molecule has 0 heterocycles. The van der Waals surface area contributed by atoms with Crippen LogP contribution in [0.3, 0.4) is 0 Å². The summed E-state index contributed by atoms with van der Waals surface area (Å²) in [6, 6.07) is 0. The minimum Gasteiger partial charge on any atom is -0.0989 e. The van der Waals surface area contributed by atoms with Gasteiger partial charge in [-0.15, -0.1) is 0 Å². The predicted molar refractivity (Wildman–Crippen MR) is 33.2 cm³/mol. The van der Waals surface area contributed by atoms with Gasteiger partial charge in [0, 0.05) is 21.1 Å². The SMILES string of the molecule is SSSS.[W]. The normalized spacial score (nSPS) is 6.00. The minimum absolute atomic E-state index is 0. The Labute approximate surface area is 63.5 Å². The van der Waals surface area contributed by atoms with Crippen molar-refractivity contribution in [1.82, 2.24) is 0 Å². The molecule has 5 heteroatoms. The fraction of sp³-hybridized carbons (Fsp3) is 0. The van der Waals surface area contributed by atoms with E-state index in [2.05, 4.69) is 23.3 Å². The van der Waals surface area contributed by atoms with E-state index < -0.39 is 0 Å². The topological polar surface area (TPSA) is 0 Å². The first kappa shape index (κ1) is 10.1. The number of hydrogen-bond donors (Lipinski definition) is 2. The Morgan fingerprint density at radius 2 is 1.20 bits per heavy atom. The Morgan fingerprint density at radius 3 is 1.20 bits per heavy atom. The zero-order valence-corrected chi connectivity index (χ0v) is 8.47. The van der Waals surface area contributed by atoms with E-state index in [-0.39, 0.29) is 21.1 Å². The molecule has 0 amide bonds. The van der Waals surface area contributed by atoms with Gasteiger partial charge in [-0.1, -0.05) is 23.3 Å². The molecule has 0 unspecified atom stereocenters. The Kier molecular flexibility index (Phi) is 19.1. The Bertz CT molecular complexity index is 5.61. The van der Waals surface area contributed by atoms with Gasteiger partial charge in [-0.25, -0.2) is 0 Å². The number of hydrogen-bond acceptors (Lipinski definition) is 4. The molecule has 0 saturated carbocycles. The molecular weight excluding hydrogens is 312 g/mol. The summed E-state index contributed by atoms with van der Waals surface area (Å²) in [4.78, 5) is 0. The molecule has 0 aromatic heterocycles. The average Bonchev–Trinajstić information content (AvgIpc) is 1.37. The van der Waals surface area contributed by atoms with Gasteiger partial charge in [0.25, 0.3) is 0 Å². The zero-order valence-electron chi connectivity index (χ0n) is 2.12. The van der Waals surface area contributed by atoms with Crippen LogP contribution in [0.5, 0.6) is 0 Å². The molecule has 0 fully saturated rings. The Hall–Kier alpha value is 2.09. The standard InChI is InChI=1S/H2S4.W/c1-3-4-2;/h1-2H;. The van der Waals surface area contributed by atoms with Gasteiger partial charge < -0.3 is 0 Å². The summed E-state index contributed by atoms with van der Waals surface area (Å²) >= 11 is 7.45. The molecule has 0 spiro atoms. The summed E-state index contributed by atoms with van der Waals surface area (Å²) in [5.74, 6) is 0. The molecule has 5 heavy (non-hydrogen) atoms. The van der Waals surface area contributed by atoms with E-state index in [1.54, 1.807) is 0 Å². The van der Waals surface area contributed by atoms with Crippen molar-refractivity contribution in [2.24, 2.45) is 0 Å². The maximum Gasteiger partial charge on any atom is 0 e. The molecule has 32 valence electrons. The Balaban J connectivity index is 0. The summed E-state index contributed by atoms with van der Waals surface area (Å²) < 4.78 is 0. The molecule has 0 nitrogen and oxygen atoms in total. The van der Waals surface area contributed by atoms with Crippen molar-refractivity contribution in [1.29, 1.82) is 0 Å². The maximum atomic E-state index is 3.72. The van der Waals surface area contributed by atoms with Gasteiger partial charge in [0.05, 0.1) is 0 Å². The monoisotopic (exact) mass is 314 g/mol. The van der Waals surface area contributed by atoms with Crippen LogP contribution in [0, 0.1) is 0 Å². The third-order valence-corrected chi connectivity index (χ3v) is 2.70. The molecule has 0 aromatic carbocycles. The zero-order chi connectivity index (χ0) is 3.41. The molecule has 0 radical (unpaired) electrons. The van der Waals surface area contributed by atoms with Crippen LogP contribution in [0.4, 0.5) is 0 Å². The molecule has 0 atom stereocenters. The van der Waals surface area contributed by atoms with E-state index >= 15 is 0 Å². The van der Waals surface area contributed by atoms with Crippen LogP contribution in [-0.4, -0.2) is 0 Å². The van der Waals surface area contributed by atoms with Gasteiger partial charge in [0.15, 0.2) is 0 Å². The fourth-order valence-corrected chi connectivity index (χ4v) is 0. The molecule has 0 saturated heterocycles. The van der Waals surface area contributed by atoms with Crippen LogP contribution in [0.2, 0.25) is 0 Å². The van der Waals surface area contributed by atoms with Crippen molar-refractivity contribution in [3.8, 4) is 0 Å². The number of thiol groups is 2. The molecule has 0 bridgehead atoms. The summed E-state index contributed by atoms with van der Waals surface area (Å²) in [6.45, 7) is 0. The largest absolute Gasteiger partial charge is 0.0989 e. The van der Waals surface area contributed by atoms with Gasteiger partial charge in [0.1, 0.15) is 0 Å². The van der Waals surface area contributed by atoms with Gasteiger partial charge in [-0.05, 0) is 19.7 Å². The van der Waals surface area contributed by atoms with Crippen molar-refractivity contribution < 1.29 is 21.1 Å². The molecule has 0 aromatic rings. The van der Waals surface area contributed by atoms with Crippen molar-refractivity contribution in [3.05, 3.63) is 0 Å². The first-order chi connectivity index (χ1) is 1.91. The quantitative estimate of drug-likeness (QED) is 0.562. The molecular formula is H2S4W. The molecule has 0 aliphatic heterocycles. The number of rotatable bonds is 1. The first-order valence-electron chi connectivity index (χ1n) is 0.532. The third kappa shape index (κ3) is 10.7. The van der Waals surface area contributed by atoms with Crippen molar-refractivity contribution in [2.45, 2.75) is 0 Å². The van der Waals surface area contributed by atoms with E-state index in [0.29, 0.717) is 0 Å². The molecule has 0 N–H and O–H groups in total. The van der Waals surface area contributed by atoms with Crippen LogP contribution in [0.1, 0.15) is 0 Å². The third-order valence-electron chi connectivity index (χ3n) is 0.0333. The van der Waals surface area contributed by atoms with E-state index in [9.17, 15) is 0 Å². The molecule has 0 aliphatic rings. The first-order valence-corrected chi connectivity index (χ1v) is 4.79. The van der Waals surface area contributed by atoms with Gasteiger partial charge in [0.2, 0.25) is 0 Å². The van der Waals surface area contributed by atoms with Gasteiger partial charge in [-0.3, -0.25) is 0 Å². The summed E-state index contributed by atoms with van der Waals surface area (Å²) in [5, 5.41) is 0. The Morgan fingerprint density at radius 1 is 1.00 bits per heavy atom. The maximum absolute atomic E-state index is 3.72. The summed E-state index contributed by atoms with van der Waals surface area (Å²) in [6.07, 6.45) is 0. The van der Waals surface area contributed by atoms with Crippen molar-refractivity contribution >= 4 is 43.0 Å². The minimum atomic E-state index is 0. The molecule has 0 rings (SSSR count). The van der Waals surface area contributed by atoms with Crippen LogP contribution < -0.4 is 0 Å². The van der Waals surface area contributed by atoms with Crippen LogP contribution in [0.25, 0.3) is 0 Å². The second kappa shape index (κ2) is 9.43.